The van der Waals surface area contributed by atoms with Gasteiger partial charge in [-0.25, -0.2) is 4.79 Å². The predicted molar refractivity (Wildman–Crippen MR) is 92.3 cm³/mol. The number of rotatable bonds is 7. The molecule has 4 heteroatoms. The summed E-state index contributed by atoms with van der Waals surface area (Å²) in [7, 11) is 0. The van der Waals surface area contributed by atoms with Crippen LogP contribution in [0.1, 0.15) is 38.2 Å². The number of carbonyl (C=O) groups is 1. The number of amides is 1. The number of benzene rings is 1. The van der Waals surface area contributed by atoms with Crippen molar-refractivity contribution in [3.63, 3.8) is 0 Å². The number of carboxylic acid groups (broad SMARTS) is 1. The Kier molecular flexibility index (Phi) is 5.01. The van der Waals surface area contributed by atoms with Gasteiger partial charge in [-0.1, -0.05) is 48.9 Å². The third-order valence-electron chi connectivity index (χ3n) is 5.06. The van der Waals surface area contributed by atoms with Gasteiger partial charge in [-0.05, 0) is 49.6 Å². The van der Waals surface area contributed by atoms with E-state index in [0.717, 1.165) is 25.8 Å². The van der Waals surface area contributed by atoms with E-state index >= 15 is 0 Å². The fourth-order valence-corrected chi connectivity index (χ4v) is 3.58. The van der Waals surface area contributed by atoms with Crippen molar-refractivity contribution in [3.8, 4) is 0 Å². The molecule has 23 heavy (non-hydrogen) atoms. The van der Waals surface area contributed by atoms with Crippen molar-refractivity contribution < 1.29 is 9.90 Å². The SMILES string of the molecule is CC/C(=C\c1ccccc1)[C@@H]1C[C@H]1NC[C@H]1C[C@H](NC(=O)O)C1. The Hall–Kier alpha value is -1.81. The zero-order valence-corrected chi connectivity index (χ0v) is 13.7. The molecule has 3 rings (SSSR count). The largest absolute Gasteiger partial charge is 0.465 e. The third-order valence-corrected chi connectivity index (χ3v) is 5.06. The highest BCUT2D eigenvalue weighted by atomic mass is 16.4. The van der Waals surface area contributed by atoms with E-state index in [1.54, 1.807) is 0 Å². The van der Waals surface area contributed by atoms with Crippen LogP contribution in [0, 0.1) is 11.8 Å². The maximum Gasteiger partial charge on any atom is 0.404 e. The molecule has 0 bridgehead atoms. The Bertz CT molecular complexity index is 564. The molecule has 0 radical (unpaired) electrons. The van der Waals surface area contributed by atoms with E-state index in [9.17, 15) is 4.79 Å². The molecule has 2 atom stereocenters. The minimum atomic E-state index is -0.901. The van der Waals surface area contributed by atoms with E-state index in [4.69, 9.17) is 5.11 Å². The lowest BCUT2D eigenvalue weighted by Gasteiger charge is -2.35. The maximum absolute atomic E-state index is 10.6. The highest BCUT2D eigenvalue weighted by Gasteiger charge is 2.40. The van der Waals surface area contributed by atoms with Gasteiger partial charge in [0.25, 0.3) is 0 Å². The van der Waals surface area contributed by atoms with Crippen LogP contribution in [0.25, 0.3) is 6.08 Å². The molecule has 0 aromatic heterocycles. The highest BCUT2D eigenvalue weighted by molar-refractivity contribution is 5.65. The standard InChI is InChI=1S/C19H26N2O2/c1-2-15(8-13-6-4-3-5-7-13)17-11-18(17)20-12-14-9-16(10-14)21-19(22)23/h3-8,14,16-18,20-21H,2,9-12H2,1H3,(H,22,23)/b15-8+/t14-,16-,17-,18+/m0/s1. The fourth-order valence-electron chi connectivity index (χ4n) is 3.58. The summed E-state index contributed by atoms with van der Waals surface area (Å²) in [4.78, 5) is 10.6. The monoisotopic (exact) mass is 314 g/mol. The van der Waals surface area contributed by atoms with Crippen molar-refractivity contribution in [1.82, 2.24) is 10.6 Å². The summed E-state index contributed by atoms with van der Waals surface area (Å²) in [5.74, 6) is 1.30. The molecule has 1 aromatic rings. The van der Waals surface area contributed by atoms with Gasteiger partial charge in [0, 0.05) is 12.1 Å². The van der Waals surface area contributed by atoms with Gasteiger partial charge in [0.05, 0.1) is 0 Å². The van der Waals surface area contributed by atoms with Gasteiger partial charge < -0.3 is 15.7 Å². The summed E-state index contributed by atoms with van der Waals surface area (Å²) in [5.41, 5.74) is 2.82. The molecule has 0 heterocycles. The molecule has 2 aliphatic carbocycles. The molecule has 0 unspecified atom stereocenters. The number of hydrogen-bond donors (Lipinski definition) is 3. The van der Waals surface area contributed by atoms with Crippen molar-refractivity contribution >= 4 is 12.2 Å². The molecule has 2 saturated carbocycles. The summed E-state index contributed by atoms with van der Waals surface area (Å²) in [6.45, 7) is 3.25. The Labute approximate surface area is 138 Å². The average Bonchev–Trinajstić information content (AvgIpc) is 3.27. The van der Waals surface area contributed by atoms with Crippen molar-refractivity contribution in [2.45, 2.75) is 44.7 Å². The average molecular weight is 314 g/mol. The van der Waals surface area contributed by atoms with E-state index in [1.165, 1.54) is 17.6 Å². The lowest BCUT2D eigenvalue weighted by molar-refractivity contribution is 0.164. The molecule has 3 N–H and O–H groups in total. The van der Waals surface area contributed by atoms with Crippen LogP contribution in [0.2, 0.25) is 0 Å². The maximum atomic E-state index is 10.6. The van der Waals surface area contributed by atoms with Gasteiger partial charge >= 0.3 is 6.09 Å². The summed E-state index contributed by atoms with van der Waals surface area (Å²) in [5, 5.41) is 14.9. The Morgan fingerprint density at radius 2 is 2.00 bits per heavy atom. The molecule has 2 aliphatic rings. The van der Waals surface area contributed by atoms with Crippen LogP contribution in [0.15, 0.2) is 35.9 Å². The van der Waals surface area contributed by atoms with Crippen LogP contribution < -0.4 is 10.6 Å². The zero-order valence-electron chi connectivity index (χ0n) is 13.7. The lowest BCUT2D eigenvalue weighted by atomic mass is 9.80. The predicted octanol–water partition coefficient (Wildman–Crippen LogP) is 3.50. The van der Waals surface area contributed by atoms with Gasteiger partial charge in [-0.3, -0.25) is 0 Å². The van der Waals surface area contributed by atoms with Gasteiger partial charge in [0.15, 0.2) is 0 Å². The Morgan fingerprint density at radius 3 is 2.65 bits per heavy atom. The molecular weight excluding hydrogens is 288 g/mol. The second kappa shape index (κ2) is 7.18. The molecule has 1 amide bonds. The third kappa shape index (κ3) is 4.35. The first-order chi connectivity index (χ1) is 11.2. The molecule has 4 nitrogen and oxygen atoms in total. The second-order valence-electron chi connectivity index (χ2n) is 6.82. The highest BCUT2D eigenvalue weighted by Crippen LogP contribution is 2.40. The first-order valence-corrected chi connectivity index (χ1v) is 8.64. The van der Waals surface area contributed by atoms with Gasteiger partial charge in [0.2, 0.25) is 0 Å². The second-order valence-corrected chi connectivity index (χ2v) is 6.82. The van der Waals surface area contributed by atoms with Crippen molar-refractivity contribution in [2.75, 3.05) is 6.54 Å². The molecule has 0 saturated heterocycles. The lowest BCUT2D eigenvalue weighted by Crippen LogP contribution is -2.47. The van der Waals surface area contributed by atoms with Crippen molar-refractivity contribution in [1.29, 1.82) is 0 Å². The summed E-state index contributed by atoms with van der Waals surface area (Å²) in [6.07, 6.45) is 5.71. The molecule has 124 valence electrons. The van der Waals surface area contributed by atoms with Crippen molar-refractivity contribution in [2.24, 2.45) is 11.8 Å². The summed E-state index contributed by atoms with van der Waals surface area (Å²) >= 11 is 0. The topological polar surface area (TPSA) is 61.4 Å². The van der Waals surface area contributed by atoms with E-state index in [-0.39, 0.29) is 6.04 Å². The first kappa shape index (κ1) is 16.1. The molecular formula is C19H26N2O2. The first-order valence-electron chi connectivity index (χ1n) is 8.64. The molecule has 0 spiro atoms. The molecule has 2 fully saturated rings. The summed E-state index contributed by atoms with van der Waals surface area (Å²) in [6, 6.07) is 11.3. The molecule has 1 aromatic carbocycles. The van der Waals surface area contributed by atoms with Crippen LogP contribution in [0.3, 0.4) is 0 Å². The van der Waals surface area contributed by atoms with Crippen LogP contribution in [0.5, 0.6) is 0 Å². The van der Waals surface area contributed by atoms with E-state index in [1.807, 2.05) is 0 Å². The minimum absolute atomic E-state index is 0.165. The van der Waals surface area contributed by atoms with E-state index < -0.39 is 6.09 Å². The number of nitrogens with one attached hydrogen (secondary N) is 2. The number of hydrogen-bond acceptors (Lipinski definition) is 2. The summed E-state index contributed by atoms with van der Waals surface area (Å²) < 4.78 is 0. The normalized spacial score (nSPS) is 29.7. The van der Waals surface area contributed by atoms with E-state index in [2.05, 4.69) is 54.0 Å². The van der Waals surface area contributed by atoms with Crippen LogP contribution in [-0.4, -0.2) is 29.8 Å². The quantitative estimate of drug-likeness (QED) is 0.722. The van der Waals surface area contributed by atoms with Crippen LogP contribution in [-0.2, 0) is 0 Å². The molecule has 0 aliphatic heterocycles. The van der Waals surface area contributed by atoms with E-state index in [0.29, 0.717) is 17.9 Å². The minimum Gasteiger partial charge on any atom is -0.465 e. The smallest absolute Gasteiger partial charge is 0.404 e. The van der Waals surface area contributed by atoms with Crippen LogP contribution in [0.4, 0.5) is 4.79 Å². The fraction of sp³-hybridized carbons (Fsp3) is 0.526. The van der Waals surface area contributed by atoms with Crippen molar-refractivity contribution in [3.05, 3.63) is 41.5 Å². The Balaban J connectivity index is 1.41. The zero-order chi connectivity index (χ0) is 16.2. The van der Waals surface area contributed by atoms with Crippen LogP contribution >= 0.6 is 0 Å². The van der Waals surface area contributed by atoms with Gasteiger partial charge in [0.1, 0.15) is 0 Å². The van der Waals surface area contributed by atoms with Gasteiger partial charge in [-0.2, -0.15) is 0 Å². The Morgan fingerprint density at radius 1 is 1.26 bits per heavy atom. The van der Waals surface area contributed by atoms with Gasteiger partial charge in [-0.15, -0.1) is 0 Å².